The summed E-state index contributed by atoms with van der Waals surface area (Å²) >= 11 is 0. The highest BCUT2D eigenvalue weighted by molar-refractivity contribution is 5.94. The first-order chi connectivity index (χ1) is 9.20. The number of nitrogens with zero attached hydrogens (tertiary/aromatic N) is 4. The van der Waals surface area contributed by atoms with E-state index >= 15 is 0 Å². The Kier molecular flexibility index (Phi) is 2.83. The Morgan fingerprint density at radius 2 is 2.00 bits per heavy atom. The standard InChI is InChI=1S/C14H17N5/c1-18-9-11(10-5-3-4-6-12(10)18)14-16-13(7-8-15)19(2)17-14/h3-6,9H,7-8,15H2,1-2H3. The number of para-hydroxylation sites is 1. The van der Waals surface area contributed by atoms with Gasteiger partial charge in [0.25, 0.3) is 0 Å². The van der Waals surface area contributed by atoms with E-state index in [2.05, 4.69) is 33.0 Å². The van der Waals surface area contributed by atoms with E-state index in [-0.39, 0.29) is 0 Å². The largest absolute Gasteiger partial charge is 0.350 e. The quantitative estimate of drug-likeness (QED) is 0.771. The summed E-state index contributed by atoms with van der Waals surface area (Å²) in [6.45, 7) is 0.585. The molecule has 1 aromatic carbocycles. The van der Waals surface area contributed by atoms with Crippen LogP contribution < -0.4 is 5.73 Å². The Hall–Kier alpha value is -2.14. The number of aryl methyl sites for hydroxylation is 2. The highest BCUT2D eigenvalue weighted by Gasteiger charge is 2.14. The van der Waals surface area contributed by atoms with Gasteiger partial charge in [0.05, 0.1) is 0 Å². The van der Waals surface area contributed by atoms with E-state index in [9.17, 15) is 0 Å². The van der Waals surface area contributed by atoms with Gasteiger partial charge in [0.1, 0.15) is 5.82 Å². The highest BCUT2D eigenvalue weighted by Crippen LogP contribution is 2.27. The van der Waals surface area contributed by atoms with Crippen LogP contribution >= 0.6 is 0 Å². The molecule has 2 aromatic heterocycles. The van der Waals surface area contributed by atoms with E-state index in [1.165, 1.54) is 10.9 Å². The van der Waals surface area contributed by atoms with Gasteiger partial charge in [-0.1, -0.05) is 18.2 Å². The minimum Gasteiger partial charge on any atom is -0.350 e. The molecule has 0 spiro atoms. The van der Waals surface area contributed by atoms with Crippen LogP contribution in [0.25, 0.3) is 22.3 Å². The maximum atomic E-state index is 5.59. The SMILES string of the molecule is Cn1nc(-c2cn(C)c3ccccc23)nc1CCN. The van der Waals surface area contributed by atoms with Crippen LogP contribution in [0.2, 0.25) is 0 Å². The number of aromatic nitrogens is 4. The minimum atomic E-state index is 0.585. The maximum absolute atomic E-state index is 5.59. The second kappa shape index (κ2) is 4.51. The van der Waals surface area contributed by atoms with Crippen molar-refractivity contribution in [2.75, 3.05) is 6.54 Å². The third-order valence-electron chi connectivity index (χ3n) is 3.36. The molecule has 0 atom stereocenters. The number of fused-ring (bicyclic) bond motifs is 1. The van der Waals surface area contributed by atoms with Crippen molar-refractivity contribution in [2.24, 2.45) is 19.8 Å². The highest BCUT2D eigenvalue weighted by atomic mass is 15.3. The molecule has 0 fully saturated rings. The van der Waals surface area contributed by atoms with E-state index < -0.39 is 0 Å². The molecule has 19 heavy (non-hydrogen) atoms. The van der Waals surface area contributed by atoms with Crippen LogP contribution in [0, 0.1) is 0 Å². The van der Waals surface area contributed by atoms with Gasteiger partial charge in [-0.25, -0.2) is 4.98 Å². The second-order valence-electron chi connectivity index (χ2n) is 4.68. The van der Waals surface area contributed by atoms with Crippen LogP contribution in [0.3, 0.4) is 0 Å². The molecule has 0 saturated carbocycles. The Morgan fingerprint density at radius 1 is 1.21 bits per heavy atom. The van der Waals surface area contributed by atoms with Gasteiger partial charge >= 0.3 is 0 Å². The summed E-state index contributed by atoms with van der Waals surface area (Å²) in [5, 5.41) is 5.68. The molecule has 0 aliphatic carbocycles. The summed E-state index contributed by atoms with van der Waals surface area (Å²) in [6.07, 6.45) is 2.82. The normalized spacial score (nSPS) is 11.3. The molecule has 98 valence electrons. The third kappa shape index (κ3) is 1.92. The number of nitrogens with two attached hydrogens (primary N) is 1. The average Bonchev–Trinajstić information content (AvgIpc) is 2.93. The van der Waals surface area contributed by atoms with E-state index in [1.807, 2.05) is 30.9 Å². The number of rotatable bonds is 3. The monoisotopic (exact) mass is 255 g/mol. The molecule has 2 N–H and O–H groups in total. The van der Waals surface area contributed by atoms with Crippen LogP contribution in [0.15, 0.2) is 30.5 Å². The fourth-order valence-electron chi connectivity index (χ4n) is 2.40. The van der Waals surface area contributed by atoms with E-state index in [4.69, 9.17) is 5.73 Å². The van der Waals surface area contributed by atoms with Crippen molar-refractivity contribution in [1.82, 2.24) is 19.3 Å². The second-order valence-corrected chi connectivity index (χ2v) is 4.68. The summed E-state index contributed by atoms with van der Waals surface area (Å²) in [4.78, 5) is 4.59. The summed E-state index contributed by atoms with van der Waals surface area (Å²) < 4.78 is 3.91. The minimum absolute atomic E-state index is 0.585. The predicted octanol–water partition coefficient (Wildman–Crippen LogP) is 1.47. The molecule has 3 rings (SSSR count). The first-order valence-corrected chi connectivity index (χ1v) is 6.35. The molecular formula is C14H17N5. The molecule has 5 heteroatoms. The first-order valence-electron chi connectivity index (χ1n) is 6.35. The van der Waals surface area contributed by atoms with Gasteiger partial charge in [-0.2, -0.15) is 5.10 Å². The zero-order valence-corrected chi connectivity index (χ0v) is 11.2. The van der Waals surface area contributed by atoms with Crippen LogP contribution in [-0.2, 0) is 20.5 Å². The molecular weight excluding hydrogens is 238 g/mol. The van der Waals surface area contributed by atoms with E-state index in [1.54, 1.807) is 0 Å². The molecule has 0 saturated heterocycles. The molecule has 0 aliphatic heterocycles. The summed E-state index contributed by atoms with van der Waals surface area (Å²) in [5.74, 6) is 1.69. The molecule has 3 aromatic rings. The maximum Gasteiger partial charge on any atom is 0.183 e. The Morgan fingerprint density at radius 3 is 2.79 bits per heavy atom. The lowest BCUT2D eigenvalue weighted by Crippen LogP contribution is -2.08. The van der Waals surface area contributed by atoms with Gasteiger partial charge in [0, 0.05) is 43.2 Å². The van der Waals surface area contributed by atoms with Crippen molar-refractivity contribution in [1.29, 1.82) is 0 Å². The molecule has 0 bridgehead atoms. The van der Waals surface area contributed by atoms with Crippen LogP contribution in [0.1, 0.15) is 5.82 Å². The molecule has 5 nitrogen and oxygen atoms in total. The smallest absolute Gasteiger partial charge is 0.183 e. The van der Waals surface area contributed by atoms with Crippen molar-refractivity contribution in [3.8, 4) is 11.4 Å². The first kappa shape index (κ1) is 11.9. The summed E-state index contributed by atoms with van der Waals surface area (Å²) in [5.41, 5.74) is 7.84. The molecule has 2 heterocycles. The molecule has 0 radical (unpaired) electrons. The van der Waals surface area contributed by atoms with Crippen LogP contribution in [-0.4, -0.2) is 25.9 Å². The Labute approximate surface area is 111 Å². The lowest BCUT2D eigenvalue weighted by atomic mass is 10.2. The van der Waals surface area contributed by atoms with Gasteiger partial charge in [0.15, 0.2) is 5.82 Å². The number of benzene rings is 1. The molecule has 0 aliphatic rings. The van der Waals surface area contributed by atoms with Crippen molar-refractivity contribution in [3.05, 3.63) is 36.3 Å². The van der Waals surface area contributed by atoms with Gasteiger partial charge in [0.2, 0.25) is 0 Å². The number of hydrogen-bond acceptors (Lipinski definition) is 3. The van der Waals surface area contributed by atoms with Gasteiger partial charge in [-0.3, -0.25) is 4.68 Å². The zero-order valence-electron chi connectivity index (χ0n) is 11.2. The third-order valence-corrected chi connectivity index (χ3v) is 3.36. The molecule has 0 unspecified atom stereocenters. The topological polar surface area (TPSA) is 61.7 Å². The fraction of sp³-hybridized carbons (Fsp3) is 0.286. The van der Waals surface area contributed by atoms with E-state index in [0.717, 1.165) is 23.6 Å². The average molecular weight is 255 g/mol. The van der Waals surface area contributed by atoms with Crippen molar-refractivity contribution in [3.63, 3.8) is 0 Å². The molecule has 0 amide bonds. The Balaban J connectivity index is 2.16. The summed E-state index contributed by atoms with van der Waals surface area (Å²) in [6, 6.07) is 8.28. The van der Waals surface area contributed by atoms with Crippen molar-refractivity contribution >= 4 is 10.9 Å². The van der Waals surface area contributed by atoms with E-state index in [0.29, 0.717) is 6.54 Å². The fourth-order valence-corrected chi connectivity index (χ4v) is 2.40. The predicted molar refractivity (Wildman–Crippen MR) is 75.7 cm³/mol. The lowest BCUT2D eigenvalue weighted by Gasteiger charge is -1.93. The van der Waals surface area contributed by atoms with Gasteiger partial charge in [-0.05, 0) is 12.6 Å². The van der Waals surface area contributed by atoms with Gasteiger partial charge < -0.3 is 10.3 Å². The summed E-state index contributed by atoms with van der Waals surface area (Å²) in [7, 11) is 3.95. The van der Waals surface area contributed by atoms with Crippen LogP contribution in [0.4, 0.5) is 0 Å². The lowest BCUT2D eigenvalue weighted by molar-refractivity contribution is 0.697. The van der Waals surface area contributed by atoms with Crippen molar-refractivity contribution < 1.29 is 0 Å². The van der Waals surface area contributed by atoms with Crippen molar-refractivity contribution in [2.45, 2.75) is 6.42 Å². The Bertz CT molecular complexity index is 723. The van der Waals surface area contributed by atoms with Gasteiger partial charge in [-0.15, -0.1) is 0 Å². The number of hydrogen-bond donors (Lipinski definition) is 1. The zero-order chi connectivity index (χ0) is 13.4. The van der Waals surface area contributed by atoms with Crippen LogP contribution in [0.5, 0.6) is 0 Å².